The summed E-state index contributed by atoms with van der Waals surface area (Å²) in [5.41, 5.74) is 3.38. The van der Waals surface area contributed by atoms with Gasteiger partial charge in [0.15, 0.2) is 9.84 Å². The van der Waals surface area contributed by atoms with Crippen LogP contribution in [0.3, 0.4) is 0 Å². The third-order valence-corrected chi connectivity index (χ3v) is 2.74. The molecule has 1 N–H and O–H groups in total. The standard InChI is InChI=1S/C8H10N2O3S2.C2H6/c1-7-6-14-8(9-7)10-13-4-3-5-15(2,11)12;1-2/h6H,5H2,1-2H3,(H,9,10);1-2H3. The monoisotopic (exact) mass is 276 g/mol. The number of aryl methyl sites for hydroxylation is 1. The van der Waals surface area contributed by atoms with Gasteiger partial charge in [0, 0.05) is 11.6 Å². The first-order valence-corrected chi connectivity index (χ1v) is 7.91. The van der Waals surface area contributed by atoms with Crippen molar-refractivity contribution in [3.05, 3.63) is 11.1 Å². The van der Waals surface area contributed by atoms with Crippen molar-refractivity contribution in [2.24, 2.45) is 0 Å². The average molecular weight is 276 g/mol. The lowest BCUT2D eigenvalue weighted by molar-refractivity contribution is 0.362. The van der Waals surface area contributed by atoms with Gasteiger partial charge in [0.25, 0.3) is 0 Å². The van der Waals surface area contributed by atoms with Crippen LogP contribution in [0.5, 0.6) is 0 Å². The Bertz CT molecular complexity index is 483. The molecule has 0 aliphatic carbocycles. The van der Waals surface area contributed by atoms with Crippen LogP contribution in [-0.2, 0) is 14.7 Å². The molecule has 0 atom stereocenters. The summed E-state index contributed by atoms with van der Waals surface area (Å²) in [6.45, 7) is 5.86. The number of aromatic nitrogens is 1. The molecule has 0 aromatic carbocycles. The molecule has 0 unspecified atom stereocenters. The highest BCUT2D eigenvalue weighted by molar-refractivity contribution is 7.90. The van der Waals surface area contributed by atoms with Gasteiger partial charge in [-0.15, -0.1) is 11.3 Å². The van der Waals surface area contributed by atoms with Gasteiger partial charge in [0.1, 0.15) is 11.9 Å². The van der Waals surface area contributed by atoms with E-state index in [0.717, 1.165) is 11.9 Å². The van der Waals surface area contributed by atoms with E-state index in [0.29, 0.717) is 5.13 Å². The van der Waals surface area contributed by atoms with Crippen molar-refractivity contribution in [2.75, 3.05) is 17.5 Å². The van der Waals surface area contributed by atoms with Crippen LogP contribution in [-0.4, -0.2) is 25.4 Å². The van der Waals surface area contributed by atoms with Crippen molar-refractivity contribution in [2.45, 2.75) is 20.8 Å². The fraction of sp³-hybridized carbons (Fsp3) is 0.500. The first-order chi connectivity index (χ1) is 7.97. The van der Waals surface area contributed by atoms with Crippen LogP contribution in [0.1, 0.15) is 19.5 Å². The Kier molecular flexibility index (Phi) is 7.34. The Morgan fingerprint density at radius 3 is 2.65 bits per heavy atom. The second-order valence-corrected chi connectivity index (χ2v) is 5.85. The maximum absolute atomic E-state index is 10.7. The number of hydrogen-bond acceptors (Lipinski definition) is 6. The van der Waals surface area contributed by atoms with Gasteiger partial charge < -0.3 is 4.84 Å². The summed E-state index contributed by atoms with van der Waals surface area (Å²) in [6, 6.07) is 0. The van der Waals surface area contributed by atoms with Crippen LogP contribution < -0.4 is 5.48 Å². The molecular weight excluding hydrogens is 260 g/mol. The molecule has 0 spiro atoms. The van der Waals surface area contributed by atoms with Gasteiger partial charge in [-0.3, -0.25) is 0 Å². The minimum absolute atomic E-state index is 0.217. The quantitative estimate of drug-likeness (QED) is 0.674. The highest BCUT2D eigenvalue weighted by Crippen LogP contribution is 2.13. The summed E-state index contributed by atoms with van der Waals surface area (Å²) in [7, 11) is -3.06. The number of nitrogens with zero attached hydrogens (tertiary/aromatic N) is 1. The van der Waals surface area contributed by atoms with Crippen LogP contribution in [0, 0.1) is 19.0 Å². The molecule has 0 saturated heterocycles. The predicted molar refractivity (Wildman–Crippen MR) is 70.4 cm³/mol. The van der Waals surface area contributed by atoms with Crippen LogP contribution in [0.15, 0.2) is 5.38 Å². The zero-order valence-electron chi connectivity index (χ0n) is 10.3. The predicted octanol–water partition coefficient (Wildman–Crippen LogP) is 1.83. The molecule has 0 bridgehead atoms. The van der Waals surface area contributed by atoms with Crippen LogP contribution >= 0.6 is 11.3 Å². The molecule has 17 heavy (non-hydrogen) atoms. The minimum Gasteiger partial charge on any atom is -0.327 e. The zero-order chi connectivity index (χ0) is 13.3. The van der Waals surface area contributed by atoms with E-state index in [4.69, 9.17) is 4.84 Å². The molecule has 1 aromatic rings. The van der Waals surface area contributed by atoms with E-state index in [1.54, 1.807) is 0 Å². The summed E-state index contributed by atoms with van der Waals surface area (Å²) in [4.78, 5) is 8.75. The summed E-state index contributed by atoms with van der Waals surface area (Å²) in [5.74, 6) is 2.14. The van der Waals surface area contributed by atoms with Crippen molar-refractivity contribution in [1.29, 1.82) is 0 Å². The lowest BCUT2D eigenvalue weighted by Crippen LogP contribution is -2.01. The van der Waals surface area contributed by atoms with Crippen LogP contribution in [0.25, 0.3) is 0 Å². The van der Waals surface area contributed by atoms with E-state index in [1.165, 1.54) is 11.3 Å². The molecule has 1 heterocycles. The van der Waals surface area contributed by atoms with E-state index in [-0.39, 0.29) is 5.75 Å². The van der Waals surface area contributed by atoms with Gasteiger partial charge in [0.05, 0.1) is 5.69 Å². The maximum atomic E-state index is 10.7. The molecule has 0 aliphatic rings. The Balaban J connectivity index is 0.00000121. The van der Waals surface area contributed by atoms with Crippen LogP contribution in [0.2, 0.25) is 0 Å². The first-order valence-electron chi connectivity index (χ1n) is 4.97. The second-order valence-electron chi connectivity index (χ2n) is 2.85. The number of nitrogens with one attached hydrogen (secondary N) is 1. The Morgan fingerprint density at radius 2 is 2.18 bits per heavy atom. The van der Waals surface area contributed by atoms with Gasteiger partial charge in [-0.2, -0.15) is 5.48 Å². The van der Waals surface area contributed by atoms with E-state index in [9.17, 15) is 8.42 Å². The summed E-state index contributed by atoms with van der Waals surface area (Å²) < 4.78 is 21.4. The number of rotatable bonds is 3. The summed E-state index contributed by atoms with van der Waals surface area (Å²) in [6.07, 6.45) is 3.34. The molecular formula is C10H16N2O3S2. The SMILES string of the molecule is CC.Cc1csc(NOC#CCS(C)(=O)=O)n1. The second kappa shape index (κ2) is 7.92. The van der Waals surface area contributed by atoms with Gasteiger partial charge in [-0.25, -0.2) is 13.4 Å². The largest absolute Gasteiger partial charge is 0.327 e. The van der Waals surface area contributed by atoms with Gasteiger partial charge in [-0.05, 0) is 12.8 Å². The molecule has 1 aromatic heterocycles. The van der Waals surface area contributed by atoms with E-state index in [1.807, 2.05) is 26.2 Å². The van der Waals surface area contributed by atoms with Crippen molar-refractivity contribution < 1.29 is 13.3 Å². The molecule has 0 aliphatic heterocycles. The van der Waals surface area contributed by atoms with Crippen molar-refractivity contribution in [1.82, 2.24) is 4.98 Å². The van der Waals surface area contributed by atoms with Crippen molar-refractivity contribution >= 4 is 26.3 Å². The fourth-order valence-electron chi connectivity index (χ4n) is 0.667. The van der Waals surface area contributed by atoms with Crippen molar-refractivity contribution in [3.8, 4) is 12.0 Å². The Hall–Kier alpha value is -1.26. The minimum atomic E-state index is -3.06. The molecule has 5 nitrogen and oxygen atoms in total. The number of hydrogen-bond donors (Lipinski definition) is 1. The first kappa shape index (κ1) is 15.7. The molecule has 0 amide bonds. The number of thiazole rings is 1. The lowest BCUT2D eigenvalue weighted by atomic mass is 10.6. The highest BCUT2D eigenvalue weighted by Gasteiger charge is 1.97. The third-order valence-electron chi connectivity index (χ3n) is 1.21. The maximum Gasteiger partial charge on any atom is 0.217 e. The fourth-order valence-corrected chi connectivity index (χ4v) is 1.61. The van der Waals surface area contributed by atoms with E-state index < -0.39 is 9.84 Å². The third kappa shape index (κ3) is 8.54. The van der Waals surface area contributed by atoms with Gasteiger partial charge in [-0.1, -0.05) is 13.8 Å². The highest BCUT2D eigenvalue weighted by atomic mass is 32.2. The molecule has 0 fully saturated rings. The lowest BCUT2D eigenvalue weighted by Gasteiger charge is -1.94. The van der Waals surface area contributed by atoms with Crippen LogP contribution in [0.4, 0.5) is 5.13 Å². The van der Waals surface area contributed by atoms with E-state index >= 15 is 0 Å². The summed E-state index contributed by atoms with van der Waals surface area (Å²) in [5, 5.41) is 2.44. The number of sulfone groups is 1. The molecule has 0 radical (unpaired) electrons. The zero-order valence-corrected chi connectivity index (χ0v) is 11.9. The normalized spacial score (nSPS) is 9.41. The number of anilines is 1. The topological polar surface area (TPSA) is 68.3 Å². The molecule has 7 heteroatoms. The Labute approximate surface area is 106 Å². The van der Waals surface area contributed by atoms with Crippen molar-refractivity contribution in [3.63, 3.8) is 0 Å². The van der Waals surface area contributed by atoms with Gasteiger partial charge >= 0.3 is 0 Å². The summed E-state index contributed by atoms with van der Waals surface area (Å²) >= 11 is 1.38. The van der Waals surface area contributed by atoms with E-state index in [2.05, 4.69) is 22.5 Å². The molecule has 96 valence electrons. The average Bonchev–Trinajstić information content (AvgIpc) is 2.65. The van der Waals surface area contributed by atoms with Gasteiger partial charge in [0.2, 0.25) is 5.13 Å². The molecule has 1 rings (SSSR count). The molecule has 0 saturated carbocycles. The Morgan fingerprint density at radius 1 is 1.53 bits per heavy atom. The smallest absolute Gasteiger partial charge is 0.217 e.